The van der Waals surface area contributed by atoms with Gasteiger partial charge in [0.2, 0.25) is 0 Å². The molecule has 5 nitrogen and oxygen atoms in total. The Labute approximate surface area is 125 Å². The van der Waals surface area contributed by atoms with Crippen LogP contribution in [0.4, 0.5) is 5.69 Å². The fraction of sp³-hybridized carbons (Fsp3) is 0.385. The smallest absolute Gasteiger partial charge is 0.258 e. The maximum atomic E-state index is 9.64. The Hall–Kier alpha value is -1.34. The maximum absolute atomic E-state index is 9.64. The highest BCUT2D eigenvalue weighted by atomic mass is 32.2. The van der Waals surface area contributed by atoms with Crippen molar-refractivity contribution >= 4 is 29.2 Å². The van der Waals surface area contributed by atoms with Gasteiger partial charge in [-0.1, -0.05) is 12.1 Å². The van der Waals surface area contributed by atoms with Crippen molar-refractivity contribution in [3.8, 4) is 17.2 Å². The van der Waals surface area contributed by atoms with Crippen LogP contribution in [0.3, 0.4) is 0 Å². The Morgan fingerprint density at radius 2 is 2.15 bits per heavy atom. The molecule has 1 aliphatic rings. The Bertz CT molecular complexity index is 617. The van der Waals surface area contributed by atoms with Crippen LogP contribution in [-0.2, 0) is 0 Å². The third kappa shape index (κ3) is 2.60. The second-order valence-corrected chi connectivity index (χ2v) is 7.33. The molecule has 2 unspecified atom stereocenters. The van der Waals surface area contributed by atoms with Crippen LogP contribution >= 0.6 is 23.5 Å². The SMILES string of the molecule is CC1SCCSC1c1noc(-c2ccc(N)c(O)c2)n1. The molecule has 1 aromatic heterocycles. The van der Waals surface area contributed by atoms with Crippen molar-refractivity contribution in [3.05, 3.63) is 24.0 Å². The summed E-state index contributed by atoms with van der Waals surface area (Å²) in [6.07, 6.45) is 0. The summed E-state index contributed by atoms with van der Waals surface area (Å²) in [5, 5.41) is 14.5. The van der Waals surface area contributed by atoms with Crippen molar-refractivity contribution < 1.29 is 9.63 Å². The summed E-state index contributed by atoms with van der Waals surface area (Å²) >= 11 is 3.79. The minimum Gasteiger partial charge on any atom is -0.506 e. The normalized spacial score (nSPS) is 22.9. The van der Waals surface area contributed by atoms with E-state index < -0.39 is 0 Å². The monoisotopic (exact) mass is 309 g/mol. The van der Waals surface area contributed by atoms with E-state index in [0.717, 1.165) is 11.6 Å². The van der Waals surface area contributed by atoms with Crippen molar-refractivity contribution in [2.75, 3.05) is 17.2 Å². The van der Waals surface area contributed by atoms with Crippen LogP contribution < -0.4 is 5.73 Å². The summed E-state index contributed by atoms with van der Waals surface area (Å²) in [5.74, 6) is 3.43. The molecular formula is C13H15N3O2S2. The summed E-state index contributed by atoms with van der Waals surface area (Å²) in [6.45, 7) is 2.19. The lowest BCUT2D eigenvalue weighted by Crippen LogP contribution is -2.16. The van der Waals surface area contributed by atoms with Crippen LogP contribution in [0, 0.1) is 0 Å². The highest BCUT2D eigenvalue weighted by Crippen LogP contribution is 2.41. The predicted octanol–water partition coefficient (Wildman–Crippen LogP) is 2.93. The highest BCUT2D eigenvalue weighted by Gasteiger charge is 2.28. The molecular weight excluding hydrogens is 294 g/mol. The van der Waals surface area contributed by atoms with E-state index in [0.29, 0.717) is 22.4 Å². The third-order valence-electron chi connectivity index (χ3n) is 3.16. The van der Waals surface area contributed by atoms with Crippen molar-refractivity contribution in [3.63, 3.8) is 0 Å². The molecule has 0 aliphatic carbocycles. The van der Waals surface area contributed by atoms with E-state index in [9.17, 15) is 5.11 Å². The van der Waals surface area contributed by atoms with Crippen LogP contribution in [-0.4, -0.2) is 32.0 Å². The second kappa shape index (κ2) is 5.57. The molecule has 0 radical (unpaired) electrons. The van der Waals surface area contributed by atoms with Crippen molar-refractivity contribution in [2.45, 2.75) is 17.4 Å². The molecule has 1 fully saturated rings. The predicted molar refractivity (Wildman–Crippen MR) is 82.9 cm³/mol. The minimum atomic E-state index is 0.0261. The van der Waals surface area contributed by atoms with Gasteiger partial charge in [0, 0.05) is 22.3 Å². The average molecular weight is 309 g/mol. The Balaban J connectivity index is 1.87. The van der Waals surface area contributed by atoms with Gasteiger partial charge in [0.15, 0.2) is 5.82 Å². The van der Waals surface area contributed by atoms with Crippen molar-refractivity contribution in [1.29, 1.82) is 0 Å². The number of rotatable bonds is 2. The maximum Gasteiger partial charge on any atom is 0.258 e. The van der Waals surface area contributed by atoms with Crippen molar-refractivity contribution in [1.82, 2.24) is 10.1 Å². The molecule has 0 amide bonds. The van der Waals surface area contributed by atoms with Gasteiger partial charge >= 0.3 is 0 Å². The molecule has 0 bridgehead atoms. The van der Waals surface area contributed by atoms with Gasteiger partial charge in [-0.3, -0.25) is 0 Å². The molecule has 1 aliphatic heterocycles. The van der Waals surface area contributed by atoms with E-state index in [4.69, 9.17) is 10.3 Å². The van der Waals surface area contributed by atoms with Gasteiger partial charge in [0.1, 0.15) is 5.75 Å². The fourth-order valence-corrected chi connectivity index (χ4v) is 4.74. The molecule has 3 rings (SSSR count). The molecule has 2 aromatic rings. The number of hydrogen-bond donors (Lipinski definition) is 2. The molecule has 106 valence electrons. The number of phenolic OH excluding ortho intramolecular Hbond substituents is 1. The first-order valence-electron chi connectivity index (χ1n) is 6.31. The summed E-state index contributed by atoms with van der Waals surface area (Å²) in [7, 11) is 0. The van der Waals surface area contributed by atoms with Gasteiger partial charge in [-0.05, 0) is 18.2 Å². The first-order chi connectivity index (χ1) is 9.65. The molecule has 2 atom stereocenters. The number of nitrogen functional groups attached to an aromatic ring is 1. The van der Waals surface area contributed by atoms with E-state index in [1.165, 1.54) is 5.75 Å². The molecule has 7 heteroatoms. The number of nitrogens with two attached hydrogens (primary N) is 1. The number of hydrogen-bond acceptors (Lipinski definition) is 7. The Morgan fingerprint density at radius 3 is 2.90 bits per heavy atom. The van der Waals surface area contributed by atoms with Gasteiger partial charge in [-0.2, -0.15) is 16.7 Å². The van der Waals surface area contributed by atoms with E-state index in [1.807, 2.05) is 23.5 Å². The van der Waals surface area contributed by atoms with Gasteiger partial charge < -0.3 is 15.4 Å². The lowest BCUT2D eigenvalue weighted by Gasteiger charge is -2.24. The van der Waals surface area contributed by atoms with Crippen LogP contribution in [0.2, 0.25) is 0 Å². The summed E-state index contributed by atoms with van der Waals surface area (Å²) < 4.78 is 5.31. The second-order valence-electron chi connectivity index (χ2n) is 4.60. The topological polar surface area (TPSA) is 85.2 Å². The molecule has 20 heavy (non-hydrogen) atoms. The van der Waals surface area contributed by atoms with E-state index in [2.05, 4.69) is 17.1 Å². The zero-order chi connectivity index (χ0) is 14.1. The Morgan fingerprint density at radius 1 is 1.35 bits per heavy atom. The van der Waals surface area contributed by atoms with Crippen LogP contribution in [0.5, 0.6) is 5.75 Å². The summed E-state index contributed by atoms with van der Waals surface area (Å²) in [5.41, 5.74) is 6.60. The van der Waals surface area contributed by atoms with E-state index >= 15 is 0 Å². The van der Waals surface area contributed by atoms with Crippen LogP contribution in [0.15, 0.2) is 22.7 Å². The summed E-state index contributed by atoms with van der Waals surface area (Å²) in [4.78, 5) is 4.46. The largest absolute Gasteiger partial charge is 0.506 e. The molecule has 0 saturated carbocycles. The molecule has 1 saturated heterocycles. The number of benzene rings is 1. The van der Waals surface area contributed by atoms with Gasteiger partial charge in [0.05, 0.1) is 10.9 Å². The van der Waals surface area contributed by atoms with Gasteiger partial charge in [-0.15, -0.1) is 11.8 Å². The zero-order valence-electron chi connectivity index (χ0n) is 10.9. The number of thioether (sulfide) groups is 2. The van der Waals surface area contributed by atoms with E-state index in [-0.39, 0.29) is 11.0 Å². The van der Waals surface area contributed by atoms with E-state index in [1.54, 1.807) is 18.2 Å². The van der Waals surface area contributed by atoms with Crippen LogP contribution in [0.25, 0.3) is 11.5 Å². The number of aromatic hydroxyl groups is 1. The molecule has 3 N–H and O–H groups in total. The Kier molecular flexibility index (Phi) is 3.80. The first-order valence-corrected chi connectivity index (χ1v) is 8.40. The third-order valence-corrected chi connectivity index (χ3v) is 6.25. The minimum absolute atomic E-state index is 0.0261. The summed E-state index contributed by atoms with van der Waals surface area (Å²) in [6, 6.07) is 4.93. The van der Waals surface area contributed by atoms with Gasteiger partial charge in [-0.25, -0.2) is 0 Å². The fourth-order valence-electron chi connectivity index (χ4n) is 2.06. The van der Waals surface area contributed by atoms with Crippen LogP contribution in [0.1, 0.15) is 18.0 Å². The quantitative estimate of drug-likeness (QED) is 0.651. The average Bonchev–Trinajstić information content (AvgIpc) is 2.92. The zero-order valence-corrected chi connectivity index (χ0v) is 12.6. The number of aromatic nitrogens is 2. The number of anilines is 1. The lowest BCUT2D eigenvalue weighted by atomic mass is 10.2. The van der Waals surface area contributed by atoms with Gasteiger partial charge in [0.25, 0.3) is 5.89 Å². The molecule has 2 heterocycles. The molecule has 1 aromatic carbocycles. The number of nitrogens with zero attached hydrogens (tertiary/aromatic N) is 2. The number of phenols is 1. The standard InChI is InChI=1S/C13H15N3O2S2/c1-7-11(20-5-4-19-7)12-15-13(18-16-12)8-2-3-9(14)10(17)6-8/h2-3,6-7,11,17H,4-5,14H2,1H3. The van der Waals surface area contributed by atoms with Crippen molar-refractivity contribution in [2.24, 2.45) is 0 Å². The molecule has 0 spiro atoms. The highest BCUT2D eigenvalue weighted by molar-refractivity contribution is 8.06. The first kappa shape index (κ1) is 13.6. The lowest BCUT2D eigenvalue weighted by molar-refractivity contribution is 0.421.